The van der Waals surface area contributed by atoms with Gasteiger partial charge in [0.25, 0.3) is 0 Å². The first-order chi connectivity index (χ1) is 7.18. The molecule has 0 spiro atoms. The lowest BCUT2D eigenvalue weighted by atomic mass is 9.84. The molecule has 15 heavy (non-hydrogen) atoms. The molecule has 0 saturated heterocycles. The van der Waals surface area contributed by atoms with Gasteiger partial charge in [-0.1, -0.05) is 31.8 Å². The number of hydrogen-bond acceptors (Lipinski definition) is 1. The first kappa shape index (κ1) is 11.2. The lowest BCUT2D eigenvalue weighted by Gasteiger charge is -2.28. The number of hydrogen-bond donors (Lipinski definition) is 1. The maximum atomic E-state index is 10.5. The maximum Gasteiger partial charge on any atom is 0.0831 e. The fraction of sp³-hybridized carbons (Fsp3) is 0.857. The van der Waals surface area contributed by atoms with Crippen molar-refractivity contribution in [3.8, 4) is 0 Å². The second-order valence-electron chi connectivity index (χ2n) is 5.60. The van der Waals surface area contributed by atoms with Crippen molar-refractivity contribution in [3.63, 3.8) is 0 Å². The smallest absolute Gasteiger partial charge is 0.0831 e. The topological polar surface area (TPSA) is 20.2 Å². The number of rotatable bonds is 3. The quantitative estimate of drug-likeness (QED) is 0.699. The average Bonchev–Trinajstić information content (AvgIpc) is 2.85. The van der Waals surface area contributed by atoms with Crippen molar-refractivity contribution in [2.45, 2.75) is 70.3 Å². The van der Waals surface area contributed by atoms with Crippen molar-refractivity contribution in [1.29, 1.82) is 0 Å². The van der Waals surface area contributed by atoms with Gasteiger partial charge in [-0.25, -0.2) is 0 Å². The molecule has 0 amide bonds. The van der Waals surface area contributed by atoms with Gasteiger partial charge < -0.3 is 5.11 Å². The molecule has 0 radical (unpaired) electrons. The summed E-state index contributed by atoms with van der Waals surface area (Å²) in [6.45, 7) is 2.03. The molecule has 1 unspecified atom stereocenters. The van der Waals surface area contributed by atoms with Crippen molar-refractivity contribution >= 4 is 0 Å². The summed E-state index contributed by atoms with van der Waals surface area (Å²) in [6, 6.07) is 0. The van der Waals surface area contributed by atoms with Crippen molar-refractivity contribution in [1.82, 2.24) is 0 Å². The largest absolute Gasteiger partial charge is 0.386 e. The molecule has 1 N–H and O–H groups in total. The predicted molar refractivity (Wildman–Crippen MR) is 63.7 cm³/mol. The number of aliphatic hydroxyl groups is 1. The fourth-order valence-electron chi connectivity index (χ4n) is 2.70. The van der Waals surface area contributed by atoms with Gasteiger partial charge in [0.1, 0.15) is 0 Å². The molecule has 1 heteroatoms. The van der Waals surface area contributed by atoms with Crippen LogP contribution in [0.2, 0.25) is 0 Å². The molecule has 2 rings (SSSR count). The van der Waals surface area contributed by atoms with Crippen molar-refractivity contribution in [2.24, 2.45) is 5.92 Å². The van der Waals surface area contributed by atoms with Crippen molar-refractivity contribution in [2.75, 3.05) is 0 Å². The van der Waals surface area contributed by atoms with Crippen LogP contribution < -0.4 is 0 Å². The van der Waals surface area contributed by atoms with E-state index < -0.39 is 5.60 Å². The van der Waals surface area contributed by atoms with Crippen LogP contribution in [0.4, 0.5) is 0 Å². The molecule has 0 aromatic heterocycles. The molecule has 0 aromatic carbocycles. The van der Waals surface area contributed by atoms with Gasteiger partial charge in [0.15, 0.2) is 0 Å². The SMILES string of the molecule is CC(O)(CC1CC1)C1=CCCCCCC1. The summed E-state index contributed by atoms with van der Waals surface area (Å²) < 4.78 is 0. The minimum Gasteiger partial charge on any atom is -0.386 e. The van der Waals surface area contributed by atoms with E-state index in [4.69, 9.17) is 0 Å². The van der Waals surface area contributed by atoms with Crippen LogP contribution in [0.3, 0.4) is 0 Å². The highest BCUT2D eigenvalue weighted by molar-refractivity contribution is 5.16. The summed E-state index contributed by atoms with van der Waals surface area (Å²) in [7, 11) is 0. The highest BCUT2D eigenvalue weighted by atomic mass is 16.3. The van der Waals surface area contributed by atoms with Gasteiger partial charge in [0, 0.05) is 0 Å². The van der Waals surface area contributed by atoms with E-state index in [1.165, 1.54) is 50.5 Å². The van der Waals surface area contributed by atoms with Crippen LogP contribution in [0.1, 0.15) is 64.7 Å². The van der Waals surface area contributed by atoms with E-state index in [-0.39, 0.29) is 0 Å². The Hall–Kier alpha value is -0.300. The van der Waals surface area contributed by atoms with Crippen LogP contribution in [0.5, 0.6) is 0 Å². The molecule has 1 nitrogen and oxygen atoms in total. The molecule has 0 bridgehead atoms. The van der Waals surface area contributed by atoms with Crippen LogP contribution >= 0.6 is 0 Å². The second-order valence-corrected chi connectivity index (χ2v) is 5.60. The molecule has 0 aromatic rings. The lowest BCUT2D eigenvalue weighted by molar-refractivity contribution is 0.0780. The first-order valence-electron chi connectivity index (χ1n) is 6.60. The van der Waals surface area contributed by atoms with Gasteiger partial charge in [-0.05, 0) is 50.5 Å². The third kappa shape index (κ3) is 3.34. The highest BCUT2D eigenvalue weighted by Crippen LogP contribution is 2.40. The lowest BCUT2D eigenvalue weighted by Crippen LogP contribution is -2.28. The van der Waals surface area contributed by atoms with Crippen LogP contribution in [0.25, 0.3) is 0 Å². The van der Waals surface area contributed by atoms with E-state index in [1.807, 2.05) is 6.92 Å². The van der Waals surface area contributed by atoms with Crippen LogP contribution in [0.15, 0.2) is 11.6 Å². The zero-order chi connectivity index (χ0) is 10.7. The van der Waals surface area contributed by atoms with E-state index >= 15 is 0 Å². The summed E-state index contributed by atoms with van der Waals surface area (Å²) >= 11 is 0. The van der Waals surface area contributed by atoms with Gasteiger partial charge in [0.05, 0.1) is 5.60 Å². The maximum absolute atomic E-state index is 10.5. The Morgan fingerprint density at radius 3 is 2.73 bits per heavy atom. The van der Waals surface area contributed by atoms with Gasteiger partial charge >= 0.3 is 0 Å². The Morgan fingerprint density at radius 1 is 1.27 bits per heavy atom. The van der Waals surface area contributed by atoms with E-state index in [9.17, 15) is 5.11 Å². The third-order valence-corrected chi connectivity index (χ3v) is 3.87. The third-order valence-electron chi connectivity index (χ3n) is 3.87. The standard InChI is InChI=1S/C14H24O/c1-14(15,11-12-9-10-12)13-7-5-3-2-4-6-8-13/h7,12,15H,2-6,8-11H2,1H3. The Morgan fingerprint density at radius 2 is 2.00 bits per heavy atom. The van der Waals surface area contributed by atoms with Gasteiger partial charge in [0.2, 0.25) is 0 Å². The van der Waals surface area contributed by atoms with Crippen LogP contribution in [0, 0.1) is 5.92 Å². The van der Waals surface area contributed by atoms with E-state index in [1.54, 1.807) is 0 Å². The van der Waals surface area contributed by atoms with E-state index in [0.717, 1.165) is 18.8 Å². The van der Waals surface area contributed by atoms with E-state index in [2.05, 4.69) is 6.08 Å². The zero-order valence-corrected chi connectivity index (χ0v) is 9.97. The van der Waals surface area contributed by atoms with Gasteiger partial charge in [-0.3, -0.25) is 0 Å². The van der Waals surface area contributed by atoms with Crippen molar-refractivity contribution in [3.05, 3.63) is 11.6 Å². The summed E-state index contributed by atoms with van der Waals surface area (Å²) in [6.07, 6.45) is 13.6. The molecule has 1 atom stereocenters. The average molecular weight is 208 g/mol. The monoisotopic (exact) mass is 208 g/mol. The van der Waals surface area contributed by atoms with Gasteiger partial charge in [-0.15, -0.1) is 0 Å². The molecule has 2 aliphatic rings. The molecular formula is C14H24O. The molecule has 0 aliphatic heterocycles. The highest BCUT2D eigenvalue weighted by Gasteiger charge is 2.33. The summed E-state index contributed by atoms with van der Waals surface area (Å²) in [5.41, 5.74) is 0.826. The fourth-order valence-corrected chi connectivity index (χ4v) is 2.70. The number of allylic oxidation sites excluding steroid dienone is 1. The van der Waals surface area contributed by atoms with Crippen molar-refractivity contribution < 1.29 is 5.11 Å². The summed E-state index contributed by atoms with van der Waals surface area (Å²) in [5.74, 6) is 0.811. The Balaban J connectivity index is 1.97. The summed E-state index contributed by atoms with van der Waals surface area (Å²) in [4.78, 5) is 0. The second kappa shape index (κ2) is 4.69. The van der Waals surface area contributed by atoms with Crippen LogP contribution in [-0.4, -0.2) is 10.7 Å². The molecule has 86 valence electrons. The minimum absolute atomic E-state index is 0.501. The molecule has 0 heterocycles. The molecular weight excluding hydrogens is 184 g/mol. The van der Waals surface area contributed by atoms with E-state index in [0.29, 0.717) is 0 Å². The first-order valence-corrected chi connectivity index (χ1v) is 6.60. The Kier molecular flexibility index (Phi) is 3.50. The van der Waals surface area contributed by atoms with Crippen LogP contribution in [-0.2, 0) is 0 Å². The Bertz CT molecular complexity index is 236. The Labute approximate surface area is 93.6 Å². The molecule has 1 fully saturated rings. The molecule has 2 aliphatic carbocycles. The minimum atomic E-state index is -0.501. The molecule has 1 saturated carbocycles. The summed E-state index contributed by atoms with van der Waals surface area (Å²) in [5, 5.41) is 10.5. The zero-order valence-electron chi connectivity index (χ0n) is 9.97. The predicted octanol–water partition coefficient (Wildman–Crippen LogP) is 3.82. The van der Waals surface area contributed by atoms with Gasteiger partial charge in [-0.2, -0.15) is 0 Å². The normalized spacial score (nSPS) is 27.5.